The fraction of sp³-hybridized carbons (Fsp3) is 0.385. The van der Waals surface area contributed by atoms with E-state index in [1.54, 1.807) is 0 Å². The first-order valence-electron chi connectivity index (χ1n) is 5.86. The van der Waals surface area contributed by atoms with Gasteiger partial charge >= 0.3 is 0 Å². The summed E-state index contributed by atoms with van der Waals surface area (Å²) in [7, 11) is 0.413. The normalized spacial score (nSPS) is 10.9. The molecule has 1 aromatic heterocycles. The molecule has 0 amide bonds. The van der Waals surface area contributed by atoms with Crippen LogP contribution in [0.1, 0.15) is 0 Å². The van der Waals surface area contributed by atoms with E-state index in [2.05, 4.69) is 40.0 Å². The Morgan fingerprint density at radius 2 is 2.32 bits per heavy atom. The fourth-order valence-electron chi connectivity index (χ4n) is 1.66. The highest BCUT2D eigenvalue weighted by Gasteiger charge is 2.05. The van der Waals surface area contributed by atoms with Gasteiger partial charge < -0.3 is 4.74 Å². The minimum Gasteiger partial charge on any atom is -0.354 e. The number of isothiocyanates is 1. The van der Waals surface area contributed by atoms with Crippen LogP contribution in [0, 0.1) is 0 Å². The third-order valence-corrected chi connectivity index (χ3v) is 3.73. The van der Waals surface area contributed by atoms with Crippen LogP contribution in [0.25, 0.3) is 10.9 Å². The van der Waals surface area contributed by atoms with Gasteiger partial charge in [0.05, 0.1) is 41.7 Å². The van der Waals surface area contributed by atoms with Gasteiger partial charge in [-0.1, -0.05) is 0 Å². The molecule has 0 saturated heterocycles. The summed E-state index contributed by atoms with van der Waals surface area (Å²) in [6.07, 6.45) is 6.25. The summed E-state index contributed by atoms with van der Waals surface area (Å²) in [5.41, 5.74) is 1.78. The van der Waals surface area contributed by atoms with Crippen molar-refractivity contribution in [3.8, 4) is 0 Å². The molecule has 19 heavy (non-hydrogen) atoms. The fourth-order valence-corrected chi connectivity index (χ4v) is 2.22. The van der Waals surface area contributed by atoms with E-state index < -0.39 is 0 Å². The quantitative estimate of drug-likeness (QED) is 0.356. The van der Waals surface area contributed by atoms with Crippen molar-refractivity contribution < 1.29 is 4.74 Å². The van der Waals surface area contributed by atoms with Crippen LogP contribution in [-0.4, -0.2) is 39.8 Å². The van der Waals surface area contributed by atoms with Crippen LogP contribution in [0.3, 0.4) is 0 Å². The summed E-state index contributed by atoms with van der Waals surface area (Å²) in [6, 6.07) is 5.81. The summed E-state index contributed by atoms with van der Waals surface area (Å²) >= 11 is 4.62. The van der Waals surface area contributed by atoms with Crippen LogP contribution < -0.4 is 0 Å². The van der Waals surface area contributed by atoms with Gasteiger partial charge in [-0.15, -0.1) is 0 Å². The largest absolute Gasteiger partial charge is 0.354 e. The number of thiocarbonyl (C=S) groups is 1. The van der Waals surface area contributed by atoms with Crippen molar-refractivity contribution in [2.45, 2.75) is 6.73 Å². The molecule has 2 rings (SSSR count). The Hall–Kier alpha value is -1.20. The molecule has 0 aliphatic rings. The first kappa shape index (κ1) is 14.2. The number of fused-ring (bicyclic) bond motifs is 1. The molecule has 100 valence electrons. The maximum absolute atomic E-state index is 5.64. The molecule has 0 aliphatic carbocycles. The number of hydrogen-bond acceptors (Lipinski definition) is 4. The molecule has 1 heterocycles. The van der Waals surface area contributed by atoms with Crippen molar-refractivity contribution in [3.05, 3.63) is 24.4 Å². The molecule has 0 N–H and O–H groups in total. The van der Waals surface area contributed by atoms with Crippen LogP contribution in [0.15, 0.2) is 29.4 Å². The highest BCUT2D eigenvalue weighted by atomic mass is 32.2. The first-order chi connectivity index (χ1) is 9.20. The number of rotatable bonds is 6. The maximum Gasteiger partial charge on any atom is 0.140 e. The van der Waals surface area contributed by atoms with Crippen LogP contribution in [0.4, 0.5) is 5.69 Å². The maximum atomic E-state index is 5.64. The highest BCUT2D eigenvalue weighted by Crippen LogP contribution is 2.20. The van der Waals surface area contributed by atoms with E-state index in [-0.39, 0.29) is 0 Å². The molecule has 2 aromatic rings. The number of benzene rings is 1. The molecule has 0 bridgehead atoms. The Labute approximate surface area is 120 Å². The van der Waals surface area contributed by atoms with Gasteiger partial charge in [-0.2, -0.15) is 10.1 Å². The third-order valence-electron chi connectivity index (χ3n) is 2.65. The summed E-state index contributed by atoms with van der Waals surface area (Å²) in [5.74, 6) is 1.08. The van der Waals surface area contributed by atoms with Crippen molar-refractivity contribution in [2.24, 2.45) is 4.99 Å². The number of aromatic nitrogens is 2. The third kappa shape index (κ3) is 3.88. The van der Waals surface area contributed by atoms with Crippen molar-refractivity contribution in [3.63, 3.8) is 0 Å². The number of aliphatic imine (C=N–C) groups is 1. The van der Waals surface area contributed by atoms with Gasteiger partial charge in [0.1, 0.15) is 12.5 Å². The molecule has 0 aliphatic heterocycles. The van der Waals surface area contributed by atoms with Crippen LogP contribution in [-0.2, 0) is 22.4 Å². The van der Waals surface area contributed by atoms with Gasteiger partial charge in [0, 0.05) is 5.39 Å². The van der Waals surface area contributed by atoms with E-state index in [1.165, 1.54) is 0 Å². The summed E-state index contributed by atoms with van der Waals surface area (Å²) in [4.78, 5) is 3.98. The molecular weight excluding hydrogens is 278 g/mol. The number of hydrogen-bond donors (Lipinski definition) is 0. The SMILES string of the molecule is C[S+](C)CCOCn1ncc2ccc(N=C=S)cc21. The Morgan fingerprint density at radius 1 is 1.47 bits per heavy atom. The Morgan fingerprint density at radius 3 is 3.05 bits per heavy atom. The van der Waals surface area contributed by atoms with E-state index in [4.69, 9.17) is 4.74 Å². The summed E-state index contributed by atoms with van der Waals surface area (Å²) in [6.45, 7) is 1.22. The predicted octanol–water partition coefficient (Wildman–Crippen LogP) is 2.62. The molecule has 0 spiro atoms. The van der Waals surface area contributed by atoms with Crippen molar-refractivity contribution in [1.82, 2.24) is 9.78 Å². The van der Waals surface area contributed by atoms with E-state index in [1.807, 2.05) is 29.1 Å². The van der Waals surface area contributed by atoms with E-state index in [9.17, 15) is 0 Å². The summed E-state index contributed by atoms with van der Waals surface area (Å²) < 4.78 is 7.47. The topological polar surface area (TPSA) is 39.4 Å². The van der Waals surface area contributed by atoms with Crippen molar-refractivity contribution in [2.75, 3.05) is 24.9 Å². The van der Waals surface area contributed by atoms with Crippen molar-refractivity contribution in [1.29, 1.82) is 0 Å². The average molecular weight is 294 g/mol. The van der Waals surface area contributed by atoms with Gasteiger partial charge in [0.25, 0.3) is 0 Å². The molecule has 6 heteroatoms. The standard InChI is InChI=1S/C13H16N3OS2/c1-19(2)6-5-17-10-16-13-7-12(14-9-18)4-3-11(13)8-15-16/h3-4,7-8H,5-6,10H2,1-2H3/q+1. The molecule has 0 unspecified atom stereocenters. The molecule has 0 radical (unpaired) electrons. The van der Waals surface area contributed by atoms with E-state index in [0.717, 1.165) is 29.0 Å². The molecule has 0 fully saturated rings. The average Bonchev–Trinajstić information content (AvgIpc) is 2.77. The van der Waals surface area contributed by atoms with Gasteiger partial charge in [0.15, 0.2) is 0 Å². The molecular formula is C13H16N3OS2+. The van der Waals surface area contributed by atoms with E-state index >= 15 is 0 Å². The number of ether oxygens (including phenoxy) is 1. The highest BCUT2D eigenvalue weighted by molar-refractivity contribution is 7.95. The molecule has 1 aromatic carbocycles. The second-order valence-corrected chi connectivity index (χ2v) is 6.88. The second kappa shape index (κ2) is 6.82. The lowest BCUT2D eigenvalue weighted by atomic mass is 10.2. The predicted molar refractivity (Wildman–Crippen MR) is 84.5 cm³/mol. The van der Waals surface area contributed by atoms with Gasteiger partial charge in [0.2, 0.25) is 0 Å². The minimum atomic E-state index is 0.413. The lowest BCUT2D eigenvalue weighted by Gasteiger charge is -2.05. The molecule has 4 nitrogen and oxygen atoms in total. The van der Waals surface area contributed by atoms with Crippen molar-refractivity contribution >= 4 is 44.9 Å². The van der Waals surface area contributed by atoms with Crippen LogP contribution >= 0.6 is 12.2 Å². The molecule has 0 atom stereocenters. The Balaban J connectivity index is 2.10. The Kier molecular flexibility index (Phi) is 5.10. The zero-order valence-corrected chi connectivity index (χ0v) is 12.6. The smallest absolute Gasteiger partial charge is 0.140 e. The van der Waals surface area contributed by atoms with Gasteiger partial charge in [-0.3, -0.25) is 0 Å². The summed E-state index contributed by atoms with van der Waals surface area (Å²) in [5, 5.41) is 7.76. The van der Waals surface area contributed by atoms with Gasteiger partial charge in [-0.25, -0.2) is 4.68 Å². The first-order valence-corrected chi connectivity index (χ1v) is 8.48. The van der Waals surface area contributed by atoms with Crippen LogP contribution in [0.2, 0.25) is 0 Å². The lowest BCUT2D eigenvalue weighted by molar-refractivity contribution is 0.0841. The number of nitrogens with zero attached hydrogens (tertiary/aromatic N) is 3. The zero-order chi connectivity index (χ0) is 13.7. The van der Waals surface area contributed by atoms with Gasteiger partial charge in [-0.05, 0) is 41.3 Å². The Bertz CT molecular complexity index is 603. The lowest BCUT2D eigenvalue weighted by Crippen LogP contribution is -2.12. The van der Waals surface area contributed by atoms with Crippen LogP contribution in [0.5, 0.6) is 0 Å². The zero-order valence-electron chi connectivity index (χ0n) is 11.0. The monoisotopic (exact) mass is 294 g/mol. The second-order valence-electron chi connectivity index (χ2n) is 4.32. The van der Waals surface area contributed by atoms with E-state index in [0.29, 0.717) is 17.6 Å². The molecule has 0 saturated carbocycles. The minimum absolute atomic E-state index is 0.413.